The smallest absolute Gasteiger partial charge is 0.406 e. The molecule has 1 aromatic rings. The van der Waals surface area contributed by atoms with E-state index in [1.165, 1.54) is 4.31 Å². The van der Waals surface area contributed by atoms with Crippen LogP contribution in [0.1, 0.15) is 32.6 Å². The van der Waals surface area contributed by atoms with Crippen LogP contribution in [0.15, 0.2) is 29.2 Å². The van der Waals surface area contributed by atoms with Crippen LogP contribution in [0.3, 0.4) is 0 Å². The van der Waals surface area contributed by atoms with Crippen LogP contribution in [0.4, 0.5) is 13.2 Å². The van der Waals surface area contributed by atoms with Crippen LogP contribution in [0, 0.1) is 5.92 Å². The summed E-state index contributed by atoms with van der Waals surface area (Å²) in [4.78, 5) is 28.4. The zero-order valence-corrected chi connectivity index (χ0v) is 19.2. The molecular weight excluding hydrogens is 463 g/mol. The standard InChI is InChI=1S/C21H28F3N3O5S/c1-2-4-19(28)26-10-3-5-16(15-26)20(29)25-11-13-27(14-12-25)33(30,31)18-8-6-17(7-9-18)32-21(22,23)24/h6-9,16H,2-5,10-15H2,1H3. The third-order valence-corrected chi connectivity index (χ3v) is 7.75. The lowest BCUT2D eigenvalue weighted by molar-refractivity contribution is -0.274. The SMILES string of the molecule is CCCC(=O)N1CCCC(C(=O)N2CCN(S(=O)(=O)c3ccc(OC(F)(F)F)cc3)CC2)C1. The molecule has 0 spiro atoms. The number of alkyl halides is 3. The lowest BCUT2D eigenvalue weighted by Crippen LogP contribution is -2.54. The summed E-state index contributed by atoms with van der Waals surface area (Å²) in [6.45, 7) is 3.58. The quantitative estimate of drug-likeness (QED) is 0.610. The Balaban J connectivity index is 1.57. The van der Waals surface area contributed by atoms with E-state index in [4.69, 9.17) is 0 Å². The van der Waals surface area contributed by atoms with Gasteiger partial charge in [0, 0.05) is 45.7 Å². The van der Waals surface area contributed by atoms with Crippen molar-refractivity contribution in [2.75, 3.05) is 39.3 Å². The van der Waals surface area contributed by atoms with Gasteiger partial charge >= 0.3 is 6.36 Å². The minimum absolute atomic E-state index is 0.0533. The maximum Gasteiger partial charge on any atom is 0.573 e. The maximum atomic E-state index is 13.0. The summed E-state index contributed by atoms with van der Waals surface area (Å²) in [6, 6.07) is 4.04. The molecule has 184 valence electrons. The first kappa shape index (κ1) is 25.3. The number of amides is 2. The minimum Gasteiger partial charge on any atom is -0.406 e. The van der Waals surface area contributed by atoms with Gasteiger partial charge < -0.3 is 14.5 Å². The van der Waals surface area contributed by atoms with Gasteiger partial charge in [0.2, 0.25) is 21.8 Å². The summed E-state index contributed by atoms with van der Waals surface area (Å²) in [5, 5.41) is 0. The van der Waals surface area contributed by atoms with Crippen molar-refractivity contribution in [3.63, 3.8) is 0 Å². The van der Waals surface area contributed by atoms with Crippen molar-refractivity contribution in [1.29, 1.82) is 0 Å². The van der Waals surface area contributed by atoms with Crippen LogP contribution < -0.4 is 4.74 Å². The van der Waals surface area contributed by atoms with Gasteiger partial charge in [0.1, 0.15) is 5.75 Å². The normalized spacial score (nSPS) is 20.5. The van der Waals surface area contributed by atoms with Gasteiger partial charge in [0.25, 0.3) is 0 Å². The van der Waals surface area contributed by atoms with Gasteiger partial charge in [0.05, 0.1) is 10.8 Å². The Morgan fingerprint density at radius 3 is 2.24 bits per heavy atom. The number of likely N-dealkylation sites (tertiary alicyclic amines) is 1. The third kappa shape index (κ3) is 6.38. The summed E-state index contributed by atoms with van der Waals surface area (Å²) in [7, 11) is -3.92. The predicted molar refractivity (Wildman–Crippen MR) is 113 cm³/mol. The van der Waals surface area contributed by atoms with Gasteiger partial charge in [-0.25, -0.2) is 8.42 Å². The number of halogens is 3. The molecule has 33 heavy (non-hydrogen) atoms. The first-order valence-electron chi connectivity index (χ1n) is 10.9. The van der Waals surface area contributed by atoms with Crippen molar-refractivity contribution in [3.8, 4) is 5.75 Å². The Hall–Kier alpha value is -2.34. The molecule has 0 N–H and O–H groups in total. The Morgan fingerprint density at radius 2 is 1.67 bits per heavy atom. The van der Waals surface area contributed by atoms with E-state index in [0.29, 0.717) is 25.9 Å². The maximum absolute atomic E-state index is 13.0. The summed E-state index contributed by atoms with van der Waals surface area (Å²) in [5.41, 5.74) is 0. The van der Waals surface area contributed by atoms with E-state index in [1.54, 1.807) is 9.80 Å². The second kappa shape index (κ2) is 10.3. The van der Waals surface area contributed by atoms with Crippen LogP contribution in [0.2, 0.25) is 0 Å². The number of benzene rings is 1. The zero-order chi connectivity index (χ0) is 24.2. The lowest BCUT2D eigenvalue weighted by atomic mass is 9.96. The first-order valence-corrected chi connectivity index (χ1v) is 12.4. The molecule has 2 aliphatic heterocycles. The fourth-order valence-electron chi connectivity index (χ4n) is 4.15. The molecule has 1 atom stereocenters. The number of piperazine rings is 1. The van der Waals surface area contributed by atoms with E-state index >= 15 is 0 Å². The van der Waals surface area contributed by atoms with Gasteiger partial charge in [-0.1, -0.05) is 6.92 Å². The van der Waals surface area contributed by atoms with Gasteiger partial charge in [-0.05, 0) is 43.5 Å². The lowest BCUT2D eigenvalue weighted by Gasteiger charge is -2.38. The molecule has 0 bridgehead atoms. The number of ether oxygens (including phenoxy) is 1. The molecule has 8 nitrogen and oxygen atoms in total. The number of hydrogen-bond acceptors (Lipinski definition) is 5. The highest BCUT2D eigenvalue weighted by atomic mass is 32.2. The number of sulfonamides is 1. The number of piperidine rings is 1. The fourth-order valence-corrected chi connectivity index (χ4v) is 5.57. The highest BCUT2D eigenvalue weighted by Crippen LogP contribution is 2.26. The molecule has 0 saturated carbocycles. The molecule has 2 amide bonds. The van der Waals surface area contributed by atoms with Crippen LogP contribution in [-0.2, 0) is 19.6 Å². The number of hydrogen-bond donors (Lipinski definition) is 0. The summed E-state index contributed by atoms with van der Waals surface area (Å²) < 4.78 is 67.6. The highest BCUT2D eigenvalue weighted by Gasteiger charge is 2.35. The molecule has 0 aromatic heterocycles. The average Bonchev–Trinajstić information content (AvgIpc) is 2.78. The van der Waals surface area contributed by atoms with Crippen LogP contribution in [-0.4, -0.2) is 80.0 Å². The molecule has 12 heteroatoms. The summed E-state index contributed by atoms with van der Waals surface area (Å²) in [5.74, 6) is -0.813. The topological polar surface area (TPSA) is 87.2 Å². The Morgan fingerprint density at radius 1 is 1.03 bits per heavy atom. The molecule has 2 heterocycles. The summed E-state index contributed by atoms with van der Waals surface area (Å²) >= 11 is 0. The molecule has 0 radical (unpaired) electrons. The van der Waals surface area contributed by atoms with E-state index in [1.807, 2.05) is 6.92 Å². The van der Waals surface area contributed by atoms with E-state index in [9.17, 15) is 31.2 Å². The Kier molecular flexibility index (Phi) is 7.88. The molecule has 0 aliphatic carbocycles. The molecule has 2 aliphatic rings. The van der Waals surface area contributed by atoms with Crippen molar-refractivity contribution >= 4 is 21.8 Å². The van der Waals surface area contributed by atoms with Crippen LogP contribution >= 0.6 is 0 Å². The van der Waals surface area contributed by atoms with Crippen molar-refractivity contribution < 1.29 is 35.9 Å². The van der Waals surface area contributed by atoms with Crippen molar-refractivity contribution in [2.24, 2.45) is 5.92 Å². The molecule has 2 fully saturated rings. The summed E-state index contributed by atoms with van der Waals surface area (Å²) in [6.07, 6.45) is -2.20. The number of carbonyl (C=O) groups excluding carboxylic acids is 2. The van der Waals surface area contributed by atoms with Gasteiger partial charge in [-0.15, -0.1) is 13.2 Å². The molecule has 1 unspecified atom stereocenters. The number of nitrogens with zero attached hydrogens (tertiary/aromatic N) is 3. The average molecular weight is 492 g/mol. The Bertz CT molecular complexity index is 945. The van der Waals surface area contributed by atoms with Crippen molar-refractivity contribution in [1.82, 2.24) is 14.1 Å². The van der Waals surface area contributed by atoms with Gasteiger partial charge in [0.15, 0.2) is 0 Å². The van der Waals surface area contributed by atoms with Gasteiger partial charge in [-0.2, -0.15) is 4.31 Å². The van der Waals surface area contributed by atoms with Crippen molar-refractivity contribution in [2.45, 2.75) is 43.9 Å². The largest absolute Gasteiger partial charge is 0.573 e. The Labute approximate surface area is 191 Å². The second-order valence-electron chi connectivity index (χ2n) is 8.18. The third-order valence-electron chi connectivity index (χ3n) is 5.83. The zero-order valence-electron chi connectivity index (χ0n) is 18.4. The molecule has 1 aromatic carbocycles. The van der Waals surface area contributed by atoms with E-state index < -0.39 is 22.1 Å². The second-order valence-corrected chi connectivity index (χ2v) is 10.1. The molecule has 2 saturated heterocycles. The van der Waals surface area contributed by atoms with E-state index in [0.717, 1.165) is 37.1 Å². The van der Waals surface area contributed by atoms with Crippen LogP contribution in [0.5, 0.6) is 5.75 Å². The van der Waals surface area contributed by atoms with Crippen LogP contribution in [0.25, 0.3) is 0 Å². The monoisotopic (exact) mass is 491 g/mol. The fraction of sp³-hybridized carbons (Fsp3) is 0.619. The highest BCUT2D eigenvalue weighted by molar-refractivity contribution is 7.89. The number of rotatable bonds is 6. The van der Waals surface area contributed by atoms with E-state index in [2.05, 4.69) is 4.74 Å². The predicted octanol–water partition coefficient (Wildman–Crippen LogP) is 2.46. The molecular formula is C21H28F3N3O5S. The molecule has 3 rings (SSSR count). The van der Waals surface area contributed by atoms with Gasteiger partial charge in [-0.3, -0.25) is 9.59 Å². The number of carbonyl (C=O) groups is 2. The first-order chi connectivity index (χ1) is 15.5. The minimum atomic E-state index is -4.86. The van der Waals surface area contributed by atoms with E-state index in [-0.39, 0.29) is 48.8 Å². The van der Waals surface area contributed by atoms with Crippen molar-refractivity contribution in [3.05, 3.63) is 24.3 Å².